The van der Waals surface area contributed by atoms with Gasteiger partial charge in [0.2, 0.25) is 0 Å². The molecule has 1 aliphatic rings. The Balaban J connectivity index is 2.53. The summed E-state index contributed by atoms with van der Waals surface area (Å²) in [6.07, 6.45) is 5.38. The number of allylic oxidation sites excluding steroid dienone is 4. The Morgan fingerprint density at radius 3 is 2.67 bits per heavy atom. The lowest BCUT2D eigenvalue weighted by Gasteiger charge is -2.19. The van der Waals surface area contributed by atoms with E-state index in [9.17, 15) is 4.39 Å². The van der Waals surface area contributed by atoms with Gasteiger partial charge in [0.05, 0.1) is 12.4 Å². The summed E-state index contributed by atoms with van der Waals surface area (Å²) in [6, 6.07) is 0. The molecule has 86 valence electrons. The maximum absolute atomic E-state index is 13.6. The molecule has 0 N–H and O–H groups in total. The normalized spacial score (nSPS) is 17.0. The molecule has 0 radical (unpaired) electrons. The summed E-state index contributed by atoms with van der Waals surface area (Å²) < 4.78 is 19.1. The average molecular weight is 212 g/mol. The zero-order valence-electron chi connectivity index (χ0n) is 9.98. The predicted octanol–water partition coefficient (Wildman–Crippen LogP) is 4.36. The first-order valence-corrected chi connectivity index (χ1v) is 5.87. The predicted molar refractivity (Wildman–Crippen MR) is 61.1 cm³/mol. The Labute approximate surface area is 92.0 Å². The summed E-state index contributed by atoms with van der Waals surface area (Å²) in [5.74, 6) is 1.03. The quantitative estimate of drug-likeness (QED) is 0.615. The number of rotatable bonds is 5. The van der Waals surface area contributed by atoms with Gasteiger partial charge in [0, 0.05) is 12.5 Å². The van der Waals surface area contributed by atoms with Gasteiger partial charge in [-0.25, -0.2) is 4.39 Å². The van der Waals surface area contributed by atoms with E-state index < -0.39 is 0 Å². The van der Waals surface area contributed by atoms with Gasteiger partial charge in [-0.15, -0.1) is 0 Å². The Morgan fingerprint density at radius 1 is 1.40 bits per heavy atom. The fourth-order valence-corrected chi connectivity index (χ4v) is 1.71. The van der Waals surface area contributed by atoms with Crippen LogP contribution in [0.15, 0.2) is 23.2 Å². The van der Waals surface area contributed by atoms with E-state index in [-0.39, 0.29) is 5.83 Å². The standard InChI is InChI=1S/C13H21FO/c1-4-5-8-15-11-6-7-12(10(2)3)13(14)9-11/h9-10H,4-8H2,1-3H3. The fraction of sp³-hybridized carbons (Fsp3) is 0.692. The molecular weight excluding hydrogens is 191 g/mol. The largest absolute Gasteiger partial charge is 0.498 e. The minimum Gasteiger partial charge on any atom is -0.498 e. The molecule has 0 atom stereocenters. The summed E-state index contributed by atoms with van der Waals surface area (Å²) in [5, 5.41) is 0. The second-order valence-corrected chi connectivity index (χ2v) is 4.34. The van der Waals surface area contributed by atoms with E-state index in [0.717, 1.165) is 37.0 Å². The van der Waals surface area contributed by atoms with Gasteiger partial charge in [-0.05, 0) is 24.3 Å². The molecule has 0 heterocycles. The van der Waals surface area contributed by atoms with Crippen molar-refractivity contribution >= 4 is 0 Å². The van der Waals surface area contributed by atoms with Crippen molar-refractivity contribution < 1.29 is 9.13 Å². The van der Waals surface area contributed by atoms with Gasteiger partial charge < -0.3 is 4.74 Å². The van der Waals surface area contributed by atoms with E-state index >= 15 is 0 Å². The number of hydrogen-bond donors (Lipinski definition) is 0. The smallest absolute Gasteiger partial charge is 0.126 e. The molecule has 0 aromatic carbocycles. The lowest BCUT2D eigenvalue weighted by Crippen LogP contribution is -2.05. The van der Waals surface area contributed by atoms with E-state index in [1.807, 2.05) is 13.8 Å². The van der Waals surface area contributed by atoms with Crippen LogP contribution in [0.3, 0.4) is 0 Å². The molecular formula is C13H21FO. The Morgan fingerprint density at radius 2 is 2.13 bits per heavy atom. The molecule has 0 aromatic heterocycles. The van der Waals surface area contributed by atoms with Crippen LogP contribution < -0.4 is 0 Å². The minimum atomic E-state index is -0.0808. The van der Waals surface area contributed by atoms with Crippen LogP contribution in [-0.2, 0) is 4.74 Å². The maximum Gasteiger partial charge on any atom is 0.126 e. The summed E-state index contributed by atoms with van der Waals surface area (Å²) in [7, 11) is 0. The van der Waals surface area contributed by atoms with E-state index in [1.165, 1.54) is 0 Å². The van der Waals surface area contributed by atoms with Crippen LogP contribution in [0.1, 0.15) is 46.5 Å². The van der Waals surface area contributed by atoms with Crippen LogP contribution in [0, 0.1) is 5.92 Å². The van der Waals surface area contributed by atoms with Crippen LogP contribution in [-0.4, -0.2) is 6.61 Å². The molecule has 0 aliphatic heterocycles. The van der Waals surface area contributed by atoms with Crippen molar-refractivity contribution in [3.8, 4) is 0 Å². The van der Waals surface area contributed by atoms with Crippen LogP contribution in [0.4, 0.5) is 4.39 Å². The van der Waals surface area contributed by atoms with Crippen molar-refractivity contribution in [2.45, 2.75) is 46.5 Å². The second-order valence-electron chi connectivity index (χ2n) is 4.34. The summed E-state index contributed by atoms with van der Waals surface area (Å²) in [6.45, 7) is 6.90. The number of unbranched alkanes of at least 4 members (excludes halogenated alkanes) is 1. The number of hydrogen-bond acceptors (Lipinski definition) is 1. The van der Waals surface area contributed by atoms with Crippen LogP contribution in [0.2, 0.25) is 0 Å². The van der Waals surface area contributed by atoms with Gasteiger partial charge >= 0.3 is 0 Å². The molecule has 15 heavy (non-hydrogen) atoms. The van der Waals surface area contributed by atoms with Crippen LogP contribution >= 0.6 is 0 Å². The van der Waals surface area contributed by atoms with Gasteiger partial charge in [0.25, 0.3) is 0 Å². The molecule has 0 bridgehead atoms. The molecule has 0 saturated heterocycles. The number of ether oxygens (including phenoxy) is 1. The maximum atomic E-state index is 13.6. The topological polar surface area (TPSA) is 9.23 Å². The van der Waals surface area contributed by atoms with Crippen molar-refractivity contribution in [3.05, 3.63) is 23.2 Å². The summed E-state index contributed by atoms with van der Waals surface area (Å²) in [4.78, 5) is 0. The lowest BCUT2D eigenvalue weighted by atomic mass is 9.93. The molecule has 0 fully saturated rings. The number of halogens is 1. The summed E-state index contributed by atoms with van der Waals surface area (Å²) >= 11 is 0. The van der Waals surface area contributed by atoms with Crippen molar-refractivity contribution in [2.75, 3.05) is 6.61 Å². The molecule has 2 heteroatoms. The molecule has 0 amide bonds. The van der Waals surface area contributed by atoms with E-state index in [2.05, 4.69) is 6.92 Å². The van der Waals surface area contributed by atoms with Gasteiger partial charge in [0.15, 0.2) is 0 Å². The van der Waals surface area contributed by atoms with Gasteiger partial charge in [-0.1, -0.05) is 27.2 Å². The molecule has 0 unspecified atom stereocenters. The van der Waals surface area contributed by atoms with E-state index in [1.54, 1.807) is 6.08 Å². The highest BCUT2D eigenvalue weighted by molar-refractivity contribution is 5.27. The third-order valence-electron chi connectivity index (χ3n) is 2.72. The molecule has 1 nitrogen and oxygen atoms in total. The van der Waals surface area contributed by atoms with Crippen LogP contribution in [0.25, 0.3) is 0 Å². The fourth-order valence-electron chi connectivity index (χ4n) is 1.71. The molecule has 1 rings (SSSR count). The Kier molecular flexibility index (Phi) is 4.86. The first-order chi connectivity index (χ1) is 7.15. The first-order valence-electron chi connectivity index (χ1n) is 5.87. The molecule has 1 aliphatic carbocycles. The average Bonchev–Trinajstić information content (AvgIpc) is 2.17. The lowest BCUT2D eigenvalue weighted by molar-refractivity contribution is 0.194. The SMILES string of the molecule is CCCCOC1=CC(F)=C(C(C)C)CC1. The molecule has 0 spiro atoms. The summed E-state index contributed by atoms with van der Waals surface area (Å²) in [5.41, 5.74) is 0.929. The van der Waals surface area contributed by atoms with Gasteiger partial charge in [0.1, 0.15) is 5.83 Å². The Hall–Kier alpha value is -0.790. The highest BCUT2D eigenvalue weighted by atomic mass is 19.1. The first kappa shape index (κ1) is 12.3. The van der Waals surface area contributed by atoms with Gasteiger partial charge in [-0.2, -0.15) is 0 Å². The third-order valence-corrected chi connectivity index (χ3v) is 2.72. The molecule has 0 saturated carbocycles. The Bertz CT molecular complexity index is 264. The van der Waals surface area contributed by atoms with Crippen molar-refractivity contribution in [1.82, 2.24) is 0 Å². The zero-order chi connectivity index (χ0) is 11.3. The van der Waals surface area contributed by atoms with Crippen LogP contribution in [0.5, 0.6) is 0 Å². The van der Waals surface area contributed by atoms with Crippen molar-refractivity contribution in [2.24, 2.45) is 5.92 Å². The minimum absolute atomic E-state index is 0.0808. The zero-order valence-corrected chi connectivity index (χ0v) is 9.98. The highest BCUT2D eigenvalue weighted by Gasteiger charge is 2.16. The van der Waals surface area contributed by atoms with Gasteiger partial charge in [-0.3, -0.25) is 0 Å². The van der Waals surface area contributed by atoms with E-state index in [4.69, 9.17) is 4.74 Å². The van der Waals surface area contributed by atoms with Crippen molar-refractivity contribution in [1.29, 1.82) is 0 Å². The van der Waals surface area contributed by atoms with Crippen molar-refractivity contribution in [3.63, 3.8) is 0 Å². The molecule has 0 aromatic rings. The monoisotopic (exact) mass is 212 g/mol. The third kappa shape index (κ3) is 3.69. The van der Waals surface area contributed by atoms with E-state index in [0.29, 0.717) is 12.5 Å². The highest BCUT2D eigenvalue weighted by Crippen LogP contribution is 2.30. The second kappa shape index (κ2) is 5.94.